The van der Waals surface area contributed by atoms with E-state index < -0.39 is 0 Å². The molecule has 0 aliphatic carbocycles. The zero-order chi connectivity index (χ0) is 29.6. The van der Waals surface area contributed by atoms with Crippen molar-refractivity contribution in [2.24, 2.45) is 0 Å². The molecular weight excluding hydrogens is 532 g/mol. The molecule has 2 amide bonds. The van der Waals surface area contributed by atoms with Crippen LogP contribution in [0.15, 0.2) is 55.4 Å². The molecule has 0 radical (unpaired) electrons. The number of hydrogen-bond donors (Lipinski definition) is 4. The summed E-state index contributed by atoms with van der Waals surface area (Å²) in [5.74, 6) is 1.07. The number of hydrogen-bond acceptors (Lipinski definition) is 9. The van der Waals surface area contributed by atoms with Crippen LogP contribution in [0.1, 0.15) is 31.2 Å². The number of carbonyl (C=O) groups excluding carboxylic acids is 2. The number of benzene rings is 2. The molecule has 11 nitrogen and oxygen atoms in total. The number of nitrogens with zero attached hydrogens (tertiary/aromatic N) is 4. The summed E-state index contributed by atoms with van der Waals surface area (Å²) in [6.45, 7) is 5.95. The van der Waals surface area contributed by atoms with Crippen LogP contribution in [-0.2, 0) is 9.59 Å². The topological polar surface area (TPSA) is 136 Å². The minimum atomic E-state index is -0.317. The molecule has 218 valence electrons. The van der Waals surface area contributed by atoms with Crippen molar-refractivity contribution in [3.05, 3.63) is 60.9 Å². The zero-order valence-electron chi connectivity index (χ0n) is 23.9. The van der Waals surface area contributed by atoms with Gasteiger partial charge in [0.25, 0.3) is 0 Å². The minimum absolute atomic E-state index is 0.253. The van der Waals surface area contributed by atoms with Crippen molar-refractivity contribution in [1.29, 1.82) is 5.41 Å². The molecule has 5 rings (SSSR count). The number of methoxy groups -OCH3 is 1. The van der Waals surface area contributed by atoms with Crippen LogP contribution in [0.5, 0.6) is 5.75 Å². The van der Waals surface area contributed by atoms with Crippen LogP contribution in [0.2, 0.25) is 0 Å². The highest BCUT2D eigenvalue weighted by molar-refractivity contribution is 6.02. The number of likely N-dealkylation sites (tertiary alicyclic amines) is 1. The van der Waals surface area contributed by atoms with Gasteiger partial charge < -0.3 is 35.9 Å². The Bertz CT molecular complexity index is 1500. The molecule has 2 aromatic carbocycles. The van der Waals surface area contributed by atoms with E-state index in [1.165, 1.54) is 18.6 Å². The SMILES string of the molecule is C=CC(=O)Nc1cc(Nc2cc(-c3ccc(C=N)c(NC)c3)ncn2)c(OC)cc1N1CCC(N2CCCC2=O)CC1. The first kappa shape index (κ1) is 28.6. The molecule has 0 spiro atoms. The van der Waals surface area contributed by atoms with E-state index >= 15 is 0 Å². The van der Waals surface area contributed by atoms with Crippen molar-refractivity contribution < 1.29 is 14.3 Å². The summed E-state index contributed by atoms with van der Waals surface area (Å²) in [5.41, 5.74) is 5.26. The lowest BCUT2D eigenvalue weighted by molar-refractivity contribution is -0.130. The quantitative estimate of drug-likeness (QED) is 0.205. The van der Waals surface area contributed by atoms with Crippen molar-refractivity contribution in [3.63, 3.8) is 0 Å². The number of rotatable bonds is 10. The Morgan fingerprint density at radius 2 is 1.90 bits per heavy atom. The van der Waals surface area contributed by atoms with E-state index in [4.69, 9.17) is 10.1 Å². The smallest absolute Gasteiger partial charge is 0.247 e. The van der Waals surface area contributed by atoms with Crippen molar-refractivity contribution in [1.82, 2.24) is 14.9 Å². The van der Waals surface area contributed by atoms with Gasteiger partial charge in [0.2, 0.25) is 11.8 Å². The lowest BCUT2D eigenvalue weighted by Gasteiger charge is -2.38. The molecule has 3 aromatic rings. The van der Waals surface area contributed by atoms with E-state index in [0.717, 1.165) is 61.4 Å². The van der Waals surface area contributed by atoms with Gasteiger partial charge in [-0.1, -0.05) is 18.7 Å². The highest BCUT2D eigenvalue weighted by Gasteiger charge is 2.31. The van der Waals surface area contributed by atoms with Crippen molar-refractivity contribution in [2.45, 2.75) is 31.7 Å². The van der Waals surface area contributed by atoms with Crippen molar-refractivity contribution in [3.8, 4) is 17.0 Å². The van der Waals surface area contributed by atoms with Crippen LogP contribution < -0.4 is 25.6 Å². The molecule has 0 saturated carbocycles. The monoisotopic (exact) mass is 568 g/mol. The van der Waals surface area contributed by atoms with E-state index in [0.29, 0.717) is 35.1 Å². The molecule has 42 heavy (non-hydrogen) atoms. The minimum Gasteiger partial charge on any atom is -0.494 e. The average molecular weight is 569 g/mol. The summed E-state index contributed by atoms with van der Waals surface area (Å²) in [6, 6.07) is 11.6. The lowest BCUT2D eigenvalue weighted by atomic mass is 10.0. The summed E-state index contributed by atoms with van der Waals surface area (Å²) in [6.07, 6.45) is 7.34. The van der Waals surface area contributed by atoms with E-state index in [9.17, 15) is 9.59 Å². The Kier molecular flexibility index (Phi) is 8.66. The normalized spacial score (nSPS) is 15.3. The first-order chi connectivity index (χ1) is 20.4. The first-order valence-corrected chi connectivity index (χ1v) is 14.1. The van der Waals surface area contributed by atoms with Crippen LogP contribution in [0, 0.1) is 5.41 Å². The maximum atomic E-state index is 12.4. The zero-order valence-corrected chi connectivity index (χ0v) is 23.9. The molecule has 4 N–H and O–H groups in total. The summed E-state index contributed by atoms with van der Waals surface area (Å²) in [4.78, 5) is 37.8. The maximum absolute atomic E-state index is 12.4. The molecule has 2 aliphatic rings. The third-order valence-corrected chi connectivity index (χ3v) is 7.82. The largest absolute Gasteiger partial charge is 0.494 e. The second-order valence-electron chi connectivity index (χ2n) is 10.3. The lowest BCUT2D eigenvalue weighted by Crippen LogP contribution is -2.45. The Balaban J connectivity index is 1.42. The molecule has 3 heterocycles. The predicted molar refractivity (Wildman–Crippen MR) is 166 cm³/mol. The Morgan fingerprint density at radius 1 is 1.10 bits per heavy atom. The second-order valence-corrected chi connectivity index (χ2v) is 10.3. The van der Waals surface area contributed by atoms with Crippen LogP contribution in [0.25, 0.3) is 11.3 Å². The molecule has 0 unspecified atom stereocenters. The van der Waals surface area contributed by atoms with Crippen LogP contribution in [0.3, 0.4) is 0 Å². The van der Waals surface area contributed by atoms with Gasteiger partial charge in [0, 0.05) is 74.3 Å². The number of aromatic nitrogens is 2. The van der Waals surface area contributed by atoms with E-state index in [1.54, 1.807) is 7.11 Å². The third-order valence-electron chi connectivity index (χ3n) is 7.82. The molecule has 0 atom stereocenters. The Labute approximate surface area is 245 Å². The highest BCUT2D eigenvalue weighted by Crippen LogP contribution is 2.40. The van der Waals surface area contributed by atoms with Gasteiger partial charge in [-0.15, -0.1) is 0 Å². The molecular formula is C31H36N8O3. The van der Waals surface area contributed by atoms with Crippen LogP contribution in [-0.4, -0.2) is 72.7 Å². The maximum Gasteiger partial charge on any atom is 0.247 e. The van der Waals surface area contributed by atoms with E-state index in [2.05, 4.69) is 37.4 Å². The van der Waals surface area contributed by atoms with Gasteiger partial charge in [0.05, 0.1) is 29.9 Å². The van der Waals surface area contributed by atoms with Crippen molar-refractivity contribution in [2.75, 3.05) is 54.6 Å². The number of anilines is 5. The molecule has 2 aliphatic heterocycles. The predicted octanol–water partition coefficient (Wildman–Crippen LogP) is 4.65. The Morgan fingerprint density at radius 3 is 2.57 bits per heavy atom. The number of nitrogens with one attached hydrogen (secondary N) is 4. The first-order valence-electron chi connectivity index (χ1n) is 14.1. The van der Waals surface area contributed by atoms with Gasteiger partial charge >= 0.3 is 0 Å². The number of carbonyl (C=O) groups is 2. The summed E-state index contributed by atoms with van der Waals surface area (Å²) < 4.78 is 5.77. The highest BCUT2D eigenvalue weighted by atomic mass is 16.5. The third kappa shape index (κ3) is 6.04. The van der Waals surface area contributed by atoms with Crippen LogP contribution in [0.4, 0.5) is 28.6 Å². The average Bonchev–Trinajstić information content (AvgIpc) is 3.46. The molecule has 1 aromatic heterocycles. The number of amides is 2. The number of piperidine rings is 1. The van der Waals surface area contributed by atoms with Crippen LogP contribution >= 0.6 is 0 Å². The molecule has 2 fully saturated rings. The summed E-state index contributed by atoms with van der Waals surface area (Å²) in [7, 11) is 3.42. The number of ether oxygens (including phenoxy) is 1. The fraction of sp³-hybridized carbons (Fsp3) is 0.323. The van der Waals surface area contributed by atoms with Gasteiger partial charge in [0.1, 0.15) is 17.9 Å². The fourth-order valence-corrected chi connectivity index (χ4v) is 5.63. The van der Waals surface area contributed by atoms with E-state index in [1.807, 2.05) is 48.3 Å². The summed E-state index contributed by atoms with van der Waals surface area (Å²) in [5, 5.41) is 17.0. The van der Waals surface area contributed by atoms with Crippen molar-refractivity contribution >= 4 is 46.6 Å². The Hall–Kier alpha value is -4.93. The molecule has 11 heteroatoms. The van der Waals surface area contributed by atoms with E-state index in [-0.39, 0.29) is 17.9 Å². The summed E-state index contributed by atoms with van der Waals surface area (Å²) >= 11 is 0. The van der Waals surface area contributed by atoms with Gasteiger partial charge in [-0.05, 0) is 37.5 Å². The second kappa shape index (κ2) is 12.7. The van der Waals surface area contributed by atoms with Gasteiger partial charge in [-0.25, -0.2) is 9.97 Å². The fourth-order valence-electron chi connectivity index (χ4n) is 5.63. The van der Waals surface area contributed by atoms with Gasteiger partial charge in [-0.2, -0.15) is 0 Å². The molecule has 2 saturated heterocycles. The standard InChI is InChI=1S/C31H36N8O3/c1-4-30(40)37-25-15-26(36-29-16-24(34-19-35-29)20-7-8-21(18-32)23(14-20)33-2)28(42-3)17-27(25)38-12-9-22(10-13-38)39-11-5-6-31(39)41/h4,7-8,14-19,22,32-33H,1,5-6,9-13H2,2-3H3,(H,37,40)(H,34,35,36). The van der Waals surface area contributed by atoms with Gasteiger partial charge in [-0.3, -0.25) is 9.59 Å². The van der Waals surface area contributed by atoms with Gasteiger partial charge in [0.15, 0.2) is 0 Å². The molecule has 0 bridgehead atoms.